The lowest BCUT2D eigenvalue weighted by Gasteiger charge is -2.30. The summed E-state index contributed by atoms with van der Waals surface area (Å²) in [5.41, 5.74) is 0. The van der Waals surface area contributed by atoms with Gasteiger partial charge in [-0.15, -0.1) is 0 Å². The number of hydrogen-bond donors (Lipinski definition) is 2. The van der Waals surface area contributed by atoms with Gasteiger partial charge in [-0.05, 0) is 37.5 Å². The first-order valence-electron chi connectivity index (χ1n) is 8.11. The highest BCUT2D eigenvalue weighted by molar-refractivity contribution is 5.78. The molecule has 1 amide bonds. The van der Waals surface area contributed by atoms with E-state index in [0.29, 0.717) is 11.8 Å². The van der Waals surface area contributed by atoms with Crippen LogP contribution in [0.15, 0.2) is 0 Å². The Morgan fingerprint density at radius 1 is 1.16 bits per heavy atom. The molecular weight excluding hydrogens is 238 g/mol. The molecule has 1 rings (SSSR count). The SMILES string of the molecule is CCCC(CCC)C(=O)NCC1CCCCC1CO. The van der Waals surface area contributed by atoms with Crippen molar-refractivity contribution >= 4 is 5.91 Å². The summed E-state index contributed by atoms with van der Waals surface area (Å²) >= 11 is 0. The Morgan fingerprint density at radius 2 is 1.74 bits per heavy atom. The van der Waals surface area contributed by atoms with Crippen molar-refractivity contribution in [1.82, 2.24) is 5.32 Å². The van der Waals surface area contributed by atoms with Gasteiger partial charge in [-0.2, -0.15) is 0 Å². The average Bonchev–Trinajstić information content (AvgIpc) is 2.44. The second kappa shape index (κ2) is 9.35. The Morgan fingerprint density at radius 3 is 2.26 bits per heavy atom. The Labute approximate surface area is 118 Å². The molecule has 0 aromatic rings. The molecule has 2 N–H and O–H groups in total. The van der Waals surface area contributed by atoms with Crippen molar-refractivity contribution in [2.24, 2.45) is 17.8 Å². The number of carbonyl (C=O) groups is 1. The molecule has 0 saturated heterocycles. The smallest absolute Gasteiger partial charge is 0.223 e. The van der Waals surface area contributed by atoms with Crippen LogP contribution in [0.2, 0.25) is 0 Å². The minimum atomic E-state index is 0.186. The van der Waals surface area contributed by atoms with Crippen LogP contribution in [-0.4, -0.2) is 24.2 Å². The molecule has 1 aliphatic carbocycles. The second-order valence-electron chi connectivity index (χ2n) is 6.01. The molecule has 0 bridgehead atoms. The van der Waals surface area contributed by atoms with E-state index in [1.54, 1.807) is 0 Å². The fraction of sp³-hybridized carbons (Fsp3) is 0.938. The summed E-state index contributed by atoms with van der Waals surface area (Å²) in [6.45, 7) is 5.31. The predicted molar refractivity (Wildman–Crippen MR) is 78.8 cm³/mol. The van der Waals surface area contributed by atoms with Gasteiger partial charge < -0.3 is 10.4 Å². The summed E-state index contributed by atoms with van der Waals surface area (Å²) in [5, 5.41) is 12.5. The number of carbonyl (C=O) groups excluding carboxylic acids is 1. The van der Waals surface area contributed by atoms with E-state index in [2.05, 4.69) is 19.2 Å². The van der Waals surface area contributed by atoms with Crippen molar-refractivity contribution in [2.75, 3.05) is 13.2 Å². The molecule has 112 valence electrons. The number of amides is 1. The van der Waals surface area contributed by atoms with Crippen LogP contribution in [0.4, 0.5) is 0 Å². The van der Waals surface area contributed by atoms with E-state index in [-0.39, 0.29) is 18.4 Å². The van der Waals surface area contributed by atoms with Crippen molar-refractivity contribution in [1.29, 1.82) is 0 Å². The number of nitrogens with one attached hydrogen (secondary N) is 1. The van der Waals surface area contributed by atoms with E-state index in [1.165, 1.54) is 12.8 Å². The minimum absolute atomic E-state index is 0.186. The van der Waals surface area contributed by atoms with Crippen LogP contribution < -0.4 is 5.32 Å². The Hall–Kier alpha value is -0.570. The third kappa shape index (κ3) is 5.52. The van der Waals surface area contributed by atoms with Gasteiger partial charge in [-0.3, -0.25) is 4.79 Å². The first kappa shape index (κ1) is 16.5. The second-order valence-corrected chi connectivity index (χ2v) is 6.01. The van der Waals surface area contributed by atoms with Gasteiger partial charge in [-0.25, -0.2) is 0 Å². The number of rotatable bonds is 8. The van der Waals surface area contributed by atoms with Gasteiger partial charge in [0, 0.05) is 19.1 Å². The molecule has 1 saturated carbocycles. The Bertz CT molecular complexity index is 249. The van der Waals surface area contributed by atoms with E-state index in [1.807, 2.05) is 0 Å². The molecule has 1 aliphatic rings. The predicted octanol–water partition coefficient (Wildman–Crippen LogP) is 3.12. The first-order valence-corrected chi connectivity index (χ1v) is 8.11. The molecule has 0 spiro atoms. The van der Waals surface area contributed by atoms with Gasteiger partial charge in [0.25, 0.3) is 0 Å². The molecule has 0 heterocycles. The first-order chi connectivity index (χ1) is 9.22. The Kier molecular flexibility index (Phi) is 8.11. The molecule has 0 aromatic heterocycles. The molecule has 1 fully saturated rings. The maximum absolute atomic E-state index is 12.2. The molecule has 2 atom stereocenters. The number of hydrogen-bond acceptors (Lipinski definition) is 2. The fourth-order valence-electron chi connectivity index (χ4n) is 3.27. The van der Waals surface area contributed by atoms with Gasteiger partial charge in [0.2, 0.25) is 5.91 Å². The van der Waals surface area contributed by atoms with E-state index >= 15 is 0 Å². The summed E-state index contributed by atoms with van der Waals surface area (Å²) in [6, 6.07) is 0. The van der Waals surface area contributed by atoms with Crippen LogP contribution in [0.1, 0.15) is 65.2 Å². The number of aliphatic hydroxyl groups excluding tert-OH is 1. The van der Waals surface area contributed by atoms with Crippen LogP contribution in [0, 0.1) is 17.8 Å². The normalized spacial score (nSPS) is 23.6. The quantitative estimate of drug-likeness (QED) is 0.711. The van der Waals surface area contributed by atoms with Gasteiger partial charge in [0.05, 0.1) is 0 Å². The van der Waals surface area contributed by atoms with Gasteiger partial charge in [0.1, 0.15) is 0 Å². The van der Waals surface area contributed by atoms with Crippen molar-refractivity contribution in [3.63, 3.8) is 0 Å². The van der Waals surface area contributed by atoms with Crippen LogP contribution in [-0.2, 0) is 4.79 Å². The zero-order valence-corrected chi connectivity index (χ0v) is 12.7. The average molecular weight is 269 g/mol. The Balaban J connectivity index is 2.38. The summed E-state index contributed by atoms with van der Waals surface area (Å²) in [4.78, 5) is 12.2. The molecule has 3 nitrogen and oxygen atoms in total. The summed E-state index contributed by atoms with van der Waals surface area (Å²) in [7, 11) is 0. The summed E-state index contributed by atoms with van der Waals surface area (Å²) in [6.07, 6.45) is 8.86. The van der Waals surface area contributed by atoms with Crippen molar-refractivity contribution in [2.45, 2.75) is 65.2 Å². The summed E-state index contributed by atoms with van der Waals surface area (Å²) < 4.78 is 0. The van der Waals surface area contributed by atoms with Gasteiger partial charge in [0.15, 0.2) is 0 Å². The molecule has 0 aromatic carbocycles. The largest absolute Gasteiger partial charge is 0.396 e. The molecule has 0 aliphatic heterocycles. The van der Waals surface area contributed by atoms with E-state index in [4.69, 9.17) is 0 Å². The van der Waals surface area contributed by atoms with E-state index in [9.17, 15) is 9.90 Å². The standard InChI is InChI=1S/C16H31NO2/c1-3-7-13(8-4-2)16(19)17-11-14-9-5-6-10-15(14)12-18/h13-15,18H,3-12H2,1-2H3,(H,17,19). The zero-order chi connectivity index (χ0) is 14.1. The van der Waals surface area contributed by atoms with Crippen LogP contribution in [0.5, 0.6) is 0 Å². The molecular formula is C16H31NO2. The maximum Gasteiger partial charge on any atom is 0.223 e. The highest BCUT2D eigenvalue weighted by atomic mass is 16.3. The third-order valence-electron chi connectivity index (χ3n) is 4.48. The summed E-state index contributed by atoms with van der Waals surface area (Å²) in [5.74, 6) is 1.29. The molecule has 3 heteroatoms. The third-order valence-corrected chi connectivity index (χ3v) is 4.48. The van der Waals surface area contributed by atoms with E-state index in [0.717, 1.165) is 45.1 Å². The van der Waals surface area contributed by atoms with E-state index < -0.39 is 0 Å². The lowest BCUT2D eigenvalue weighted by atomic mass is 9.79. The molecule has 19 heavy (non-hydrogen) atoms. The van der Waals surface area contributed by atoms with Crippen molar-refractivity contribution in [3.05, 3.63) is 0 Å². The highest BCUT2D eigenvalue weighted by Crippen LogP contribution is 2.29. The highest BCUT2D eigenvalue weighted by Gasteiger charge is 2.25. The topological polar surface area (TPSA) is 49.3 Å². The van der Waals surface area contributed by atoms with Crippen LogP contribution >= 0.6 is 0 Å². The molecule has 0 radical (unpaired) electrons. The number of aliphatic hydroxyl groups is 1. The van der Waals surface area contributed by atoms with Crippen LogP contribution in [0.3, 0.4) is 0 Å². The van der Waals surface area contributed by atoms with Gasteiger partial charge in [-0.1, -0.05) is 39.5 Å². The monoisotopic (exact) mass is 269 g/mol. The van der Waals surface area contributed by atoms with Gasteiger partial charge >= 0.3 is 0 Å². The van der Waals surface area contributed by atoms with Crippen molar-refractivity contribution < 1.29 is 9.90 Å². The fourth-order valence-corrected chi connectivity index (χ4v) is 3.27. The zero-order valence-electron chi connectivity index (χ0n) is 12.7. The maximum atomic E-state index is 12.2. The minimum Gasteiger partial charge on any atom is -0.396 e. The molecule has 2 unspecified atom stereocenters. The van der Waals surface area contributed by atoms with Crippen LogP contribution in [0.25, 0.3) is 0 Å². The lowest BCUT2D eigenvalue weighted by Crippen LogP contribution is -2.38. The van der Waals surface area contributed by atoms with Crippen molar-refractivity contribution in [3.8, 4) is 0 Å². The lowest BCUT2D eigenvalue weighted by molar-refractivity contribution is -0.125.